The second-order valence-corrected chi connectivity index (χ2v) is 11.1. The zero-order valence-electron chi connectivity index (χ0n) is 23.8. The van der Waals surface area contributed by atoms with Crippen molar-refractivity contribution in [1.82, 2.24) is 21.3 Å². The number of aliphatic carboxylic acids is 1. The number of benzene rings is 2. The largest absolute Gasteiger partial charge is 0.481 e. The average molecular weight is 570 g/mol. The summed E-state index contributed by atoms with van der Waals surface area (Å²) < 4.78 is 0. The van der Waals surface area contributed by atoms with Crippen LogP contribution in [0.3, 0.4) is 0 Å². The summed E-state index contributed by atoms with van der Waals surface area (Å²) in [6.07, 6.45) is -1.32. The van der Waals surface area contributed by atoms with Gasteiger partial charge in [0.05, 0.1) is 12.8 Å². The third-order valence-corrected chi connectivity index (χ3v) is 6.05. The smallest absolute Gasteiger partial charge is 0.303 e. The number of hydrogen-bond acceptors (Lipinski definition) is 6. The second kappa shape index (κ2) is 14.8. The van der Waals surface area contributed by atoms with E-state index in [1.165, 1.54) is 6.92 Å². The van der Waals surface area contributed by atoms with Crippen molar-refractivity contribution in [3.63, 3.8) is 0 Å². The summed E-state index contributed by atoms with van der Waals surface area (Å²) in [5.41, 5.74) is 5.83. The van der Waals surface area contributed by atoms with Crippen LogP contribution in [0.4, 0.5) is 0 Å². The van der Waals surface area contributed by atoms with Crippen molar-refractivity contribution in [1.29, 1.82) is 0 Å². The van der Waals surface area contributed by atoms with Gasteiger partial charge in [-0.1, -0.05) is 63.2 Å². The summed E-state index contributed by atoms with van der Waals surface area (Å²) in [5, 5.41) is 21.0. The van der Waals surface area contributed by atoms with Crippen molar-refractivity contribution >= 4 is 46.3 Å². The summed E-state index contributed by atoms with van der Waals surface area (Å²) in [5.74, 6) is -4.75. The lowest BCUT2D eigenvalue weighted by molar-refractivity contribution is -0.139. The molecule has 0 bridgehead atoms. The summed E-state index contributed by atoms with van der Waals surface area (Å²) in [6, 6.07) is 9.48. The molecule has 3 atom stereocenters. The van der Waals surface area contributed by atoms with Gasteiger partial charge >= 0.3 is 5.97 Å². The van der Waals surface area contributed by atoms with Crippen molar-refractivity contribution in [3.05, 3.63) is 48.0 Å². The minimum Gasteiger partial charge on any atom is -0.481 e. The van der Waals surface area contributed by atoms with E-state index >= 15 is 0 Å². The van der Waals surface area contributed by atoms with E-state index in [-0.39, 0.29) is 18.3 Å². The van der Waals surface area contributed by atoms with Crippen LogP contribution in [0.25, 0.3) is 10.8 Å². The molecule has 5 amide bonds. The van der Waals surface area contributed by atoms with Crippen LogP contribution in [-0.4, -0.2) is 65.3 Å². The molecular formula is C29H39N5O7. The van der Waals surface area contributed by atoms with Crippen molar-refractivity contribution < 1.29 is 33.9 Å². The maximum absolute atomic E-state index is 13.4. The Morgan fingerprint density at radius 2 is 1.46 bits per heavy atom. The molecule has 0 heterocycles. The van der Waals surface area contributed by atoms with E-state index < -0.39 is 66.5 Å². The van der Waals surface area contributed by atoms with Gasteiger partial charge in [0.1, 0.15) is 18.1 Å². The molecule has 0 saturated heterocycles. The van der Waals surface area contributed by atoms with Gasteiger partial charge in [0.15, 0.2) is 0 Å². The number of rotatable bonds is 14. The van der Waals surface area contributed by atoms with Crippen LogP contribution in [-0.2, 0) is 35.2 Å². The van der Waals surface area contributed by atoms with Gasteiger partial charge in [-0.05, 0) is 28.7 Å². The second-order valence-electron chi connectivity index (χ2n) is 11.1. The Bertz CT molecular complexity index is 1290. The Balaban J connectivity index is 2.21. The maximum Gasteiger partial charge on any atom is 0.303 e. The Morgan fingerprint density at radius 1 is 0.829 bits per heavy atom. The Morgan fingerprint density at radius 3 is 2.07 bits per heavy atom. The van der Waals surface area contributed by atoms with Crippen molar-refractivity contribution in [3.8, 4) is 0 Å². The fourth-order valence-corrected chi connectivity index (χ4v) is 3.87. The molecule has 0 aliphatic carbocycles. The van der Waals surface area contributed by atoms with Gasteiger partial charge in [0.25, 0.3) is 0 Å². The van der Waals surface area contributed by atoms with Crippen LogP contribution >= 0.6 is 0 Å². The summed E-state index contributed by atoms with van der Waals surface area (Å²) in [7, 11) is 0. The van der Waals surface area contributed by atoms with Crippen molar-refractivity contribution in [2.45, 2.75) is 71.5 Å². The van der Waals surface area contributed by atoms with E-state index in [4.69, 9.17) is 10.8 Å². The molecule has 0 radical (unpaired) electrons. The minimum atomic E-state index is -1.42. The predicted octanol–water partition coefficient (Wildman–Crippen LogP) is 0.759. The quantitative estimate of drug-likeness (QED) is 0.193. The average Bonchev–Trinajstić information content (AvgIpc) is 2.88. The monoisotopic (exact) mass is 569 g/mol. The van der Waals surface area contributed by atoms with Gasteiger partial charge in [-0.2, -0.15) is 0 Å². The molecule has 7 N–H and O–H groups in total. The molecule has 0 aromatic heterocycles. The van der Waals surface area contributed by atoms with Crippen LogP contribution in [0.2, 0.25) is 0 Å². The molecule has 0 spiro atoms. The standard InChI is InChI=1S/C29H39N5O7/c1-17(26(39)31-16-29(2,3)4)32-27(40)22(15-23(30)35)34-28(41)21(33-24(36)11-12-25(37)38)14-18-9-10-19-7-5-6-8-20(19)13-18/h5-10,13,17,21-22H,11-12,14-16H2,1-4H3,(H2,30,35)(H,31,39)(H,32,40)(H,33,36)(H,34,41)(H,37,38). The van der Waals surface area contributed by atoms with E-state index in [0.717, 1.165) is 10.8 Å². The number of carbonyl (C=O) groups excluding carboxylic acids is 5. The Labute approximate surface area is 238 Å². The van der Waals surface area contributed by atoms with E-state index in [9.17, 15) is 28.8 Å². The van der Waals surface area contributed by atoms with Gasteiger partial charge in [0, 0.05) is 19.4 Å². The lowest BCUT2D eigenvalue weighted by Gasteiger charge is -2.25. The van der Waals surface area contributed by atoms with E-state index in [0.29, 0.717) is 12.1 Å². The predicted molar refractivity (Wildman–Crippen MR) is 152 cm³/mol. The van der Waals surface area contributed by atoms with Crippen molar-refractivity contribution in [2.24, 2.45) is 11.1 Å². The number of carboxylic acids is 1. The number of nitrogens with two attached hydrogens (primary N) is 1. The lowest BCUT2D eigenvalue weighted by atomic mass is 9.97. The third-order valence-electron chi connectivity index (χ3n) is 6.05. The number of nitrogens with one attached hydrogen (secondary N) is 4. The first-order valence-corrected chi connectivity index (χ1v) is 13.3. The number of amides is 5. The number of primary amides is 1. The van der Waals surface area contributed by atoms with Crippen LogP contribution < -0.4 is 27.0 Å². The third kappa shape index (κ3) is 11.7. The summed E-state index contributed by atoms with van der Waals surface area (Å²) >= 11 is 0. The first-order chi connectivity index (χ1) is 19.1. The van der Waals surface area contributed by atoms with Crippen LogP contribution in [0.1, 0.15) is 52.5 Å². The van der Waals surface area contributed by atoms with Crippen molar-refractivity contribution in [2.75, 3.05) is 6.54 Å². The SMILES string of the molecule is CC(NC(=O)C(CC(N)=O)NC(=O)C(Cc1ccc2ccccc2c1)NC(=O)CCC(=O)O)C(=O)NCC(C)(C)C. The number of carboxylic acid groups (broad SMARTS) is 1. The lowest BCUT2D eigenvalue weighted by Crippen LogP contribution is -2.57. The molecule has 3 unspecified atom stereocenters. The van der Waals surface area contributed by atoms with E-state index in [1.807, 2.05) is 57.2 Å². The highest BCUT2D eigenvalue weighted by Gasteiger charge is 2.30. The molecule has 0 aliphatic heterocycles. The molecule has 2 rings (SSSR count). The van der Waals surface area contributed by atoms with Gasteiger partial charge < -0.3 is 32.1 Å². The highest BCUT2D eigenvalue weighted by Crippen LogP contribution is 2.17. The number of carbonyl (C=O) groups is 6. The van der Waals surface area contributed by atoms with Gasteiger partial charge in [0.2, 0.25) is 29.5 Å². The van der Waals surface area contributed by atoms with Crippen LogP contribution in [0, 0.1) is 5.41 Å². The van der Waals surface area contributed by atoms with Crippen LogP contribution in [0.5, 0.6) is 0 Å². The molecule has 0 saturated carbocycles. The molecular weight excluding hydrogens is 530 g/mol. The first kappa shape index (κ1) is 32.7. The molecule has 2 aromatic carbocycles. The molecule has 41 heavy (non-hydrogen) atoms. The molecule has 222 valence electrons. The molecule has 0 aliphatic rings. The minimum absolute atomic E-state index is 0.0198. The topological polar surface area (TPSA) is 197 Å². The highest BCUT2D eigenvalue weighted by atomic mass is 16.4. The normalized spacial score (nSPS) is 13.4. The molecule has 2 aromatic rings. The van der Waals surface area contributed by atoms with Crippen LogP contribution in [0.15, 0.2) is 42.5 Å². The van der Waals surface area contributed by atoms with Gasteiger partial charge in [-0.3, -0.25) is 28.8 Å². The molecule has 12 heteroatoms. The highest BCUT2D eigenvalue weighted by molar-refractivity contribution is 5.96. The fourth-order valence-electron chi connectivity index (χ4n) is 3.87. The van der Waals surface area contributed by atoms with E-state index in [2.05, 4.69) is 21.3 Å². The van der Waals surface area contributed by atoms with Gasteiger partial charge in [-0.25, -0.2) is 0 Å². The Kier molecular flexibility index (Phi) is 11.8. The number of fused-ring (bicyclic) bond motifs is 1. The first-order valence-electron chi connectivity index (χ1n) is 13.3. The molecule has 0 fully saturated rings. The maximum atomic E-state index is 13.4. The summed E-state index contributed by atoms with van der Waals surface area (Å²) in [6.45, 7) is 7.63. The fraction of sp³-hybridized carbons (Fsp3) is 0.448. The zero-order chi connectivity index (χ0) is 30.7. The molecule has 12 nitrogen and oxygen atoms in total. The Hall–Kier alpha value is -4.48. The summed E-state index contributed by atoms with van der Waals surface area (Å²) in [4.78, 5) is 73.9. The van der Waals surface area contributed by atoms with Gasteiger partial charge in [-0.15, -0.1) is 0 Å². The zero-order valence-corrected chi connectivity index (χ0v) is 23.8. The van der Waals surface area contributed by atoms with E-state index in [1.54, 1.807) is 6.07 Å². The number of hydrogen-bond donors (Lipinski definition) is 6.